The Morgan fingerprint density at radius 2 is 1.67 bits per heavy atom. The first kappa shape index (κ1) is 17.7. The number of carbonyl (C=O) groups excluding carboxylic acids is 1. The molecule has 1 amide bonds. The Morgan fingerprint density at radius 3 is 2.56 bits per heavy atom. The summed E-state index contributed by atoms with van der Waals surface area (Å²) in [4.78, 5) is 15.1. The van der Waals surface area contributed by atoms with Gasteiger partial charge < -0.3 is 5.32 Å². The van der Waals surface area contributed by atoms with Gasteiger partial charge in [0.15, 0.2) is 0 Å². The SMILES string of the molecule is O=C(Cc1cccc2ccccc12)Nc1cccc(CN2CCCCC2)c1. The molecule has 0 unspecified atom stereocenters. The first-order valence-corrected chi connectivity index (χ1v) is 9.86. The number of rotatable bonds is 5. The fourth-order valence-corrected chi connectivity index (χ4v) is 3.95. The van der Waals surface area contributed by atoms with Crippen LogP contribution < -0.4 is 5.32 Å². The molecule has 1 heterocycles. The third kappa shape index (κ3) is 4.55. The van der Waals surface area contributed by atoms with E-state index in [9.17, 15) is 4.79 Å². The number of amides is 1. The van der Waals surface area contributed by atoms with Gasteiger partial charge >= 0.3 is 0 Å². The molecule has 3 aromatic rings. The van der Waals surface area contributed by atoms with Crippen LogP contribution in [0, 0.1) is 0 Å². The second kappa shape index (κ2) is 8.36. The molecule has 0 saturated carbocycles. The molecule has 0 aliphatic carbocycles. The van der Waals surface area contributed by atoms with E-state index in [-0.39, 0.29) is 5.91 Å². The zero-order valence-corrected chi connectivity index (χ0v) is 15.7. The number of hydrogen-bond acceptors (Lipinski definition) is 2. The van der Waals surface area contributed by atoms with Gasteiger partial charge in [-0.15, -0.1) is 0 Å². The summed E-state index contributed by atoms with van der Waals surface area (Å²) < 4.78 is 0. The van der Waals surface area contributed by atoms with Gasteiger partial charge in [-0.3, -0.25) is 9.69 Å². The molecule has 1 fully saturated rings. The molecular weight excluding hydrogens is 332 g/mol. The highest BCUT2D eigenvalue weighted by Gasteiger charge is 2.11. The summed E-state index contributed by atoms with van der Waals surface area (Å²) in [6.07, 6.45) is 4.32. The van der Waals surface area contributed by atoms with E-state index >= 15 is 0 Å². The highest BCUT2D eigenvalue weighted by molar-refractivity contribution is 5.96. The fraction of sp³-hybridized carbons (Fsp3) is 0.292. The van der Waals surface area contributed by atoms with Crippen molar-refractivity contribution in [3.05, 3.63) is 77.9 Å². The average molecular weight is 358 g/mol. The first-order valence-electron chi connectivity index (χ1n) is 9.86. The van der Waals surface area contributed by atoms with Crippen molar-refractivity contribution >= 4 is 22.4 Å². The number of nitrogens with one attached hydrogen (secondary N) is 1. The summed E-state index contributed by atoms with van der Waals surface area (Å²) in [6.45, 7) is 3.32. The van der Waals surface area contributed by atoms with Crippen LogP contribution >= 0.6 is 0 Å². The average Bonchev–Trinajstić information content (AvgIpc) is 2.69. The van der Waals surface area contributed by atoms with E-state index < -0.39 is 0 Å². The number of carbonyl (C=O) groups is 1. The number of benzene rings is 3. The summed E-state index contributed by atoms with van der Waals surface area (Å²) in [6, 6.07) is 22.6. The molecule has 4 rings (SSSR count). The third-order valence-electron chi connectivity index (χ3n) is 5.30. The summed E-state index contributed by atoms with van der Waals surface area (Å²) in [5.41, 5.74) is 3.21. The largest absolute Gasteiger partial charge is 0.326 e. The molecule has 0 atom stereocenters. The van der Waals surface area contributed by atoms with Crippen LogP contribution in [-0.4, -0.2) is 23.9 Å². The highest BCUT2D eigenvalue weighted by atomic mass is 16.1. The van der Waals surface area contributed by atoms with E-state index in [0.29, 0.717) is 6.42 Å². The van der Waals surface area contributed by atoms with Gasteiger partial charge in [0.25, 0.3) is 0 Å². The van der Waals surface area contributed by atoms with Crippen molar-refractivity contribution in [3.63, 3.8) is 0 Å². The van der Waals surface area contributed by atoms with E-state index in [1.165, 1.54) is 43.3 Å². The van der Waals surface area contributed by atoms with E-state index in [4.69, 9.17) is 0 Å². The van der Waals surface area contributed by atoms with Gasteiger partial charge in [-0.25, -0.2) is 0 Å². The summed E-state index contributed by atoms with van der Waals surface area (Å²) in [5, 5.41) is 5.40. The minimum Gasteiger partial charge on any atom is -0.326 e. The molecule has 1 N–H and O–H groups in total. The second-order valence-corrected chi connectivity index (χ2v) is 7.40. The van der Waals surface area contributed by atoms with Crippen LogP contribution in [0.25, 0.3) is 10.8 Å². The molecule has 0 spiro atoms. The standard InChI is InChI=1S/C24H26N2O/c27-24(17-21-11-7-10-20-9-2-3-13-23(20)21)25-22-12-6-8-19(16-22)18-26-14-4-1-5-15-26/h2-3,6-13,16H,1,4-5,14-15,17-18H2,(H,25,27). The van der Waals surface area contributed by atoms with Gasteiger partial charge in [-0.1, -0.05) is 61.0 Å². The van der Waals surface area contributed by atoms with Crippen molar-refractivity contribution in [2.24, 2.45) is 0 Å². The lowest BCUT2D eigenvalue weighted by Gasteiger charge is -2.26. The lowest BCUT2D eigenvalue weighted by atomic mass is 10.0. The lowest BCUT2D eigenvalue weighted by Crippen LogP contribution is -2.29. The molecule has 3 heteroatoms. The molecule has 1 aliphatic rings. The minimum absolute atomic E-state index is 0.0291. The van der Waals surface area contributed by atoms with Crippen LogP contribution in [0.2, 0.25) is 0 Å². The molecule has 1 saturated heterocycles. The Hall–Kier alpha value is -2.65. The molecule has 3 nitrogen and oxygen atoms in total. The summed E-state index contributed by atoms with van der Waals surface area (Å²) in [7, 11) is 0. The van der Waals surface area contributed by atoms with Crippen LogP contribution in [-0.2, 0) is 17.8 Å². The number of nitrogens with zero attached hydrogens (tertiary/aromatic N) is 1. The number of likely N-dealkylation sites (tertiary alicyclic amines) is 1. The van der Waals surface area contributed by atoms with Crippen molar-refractivity contribution in [2.45, 2.75) is 32.2 Å². The topological polar surface area (TPSA) is 32.3 Å². The Bertz CT molecular complexity index is 923. The van der Waals surface area contributed by atoms with Crippen LogP contribution in [0.1, 0.15) is 30.4 Å². The number of fused-ring (bicyclic) bond motifs is 1. The maximum atomic E-state index is 12.6. The van der Waals surface area contributed by atoms with E-state index in [1.807, 2.05) is 36.4 Å². The van der Waals surface area contributed by atoms with Gasteiger partial charge in [-0.2, -0.15) is 0 Å². The van der Waals surface area contributed by atoms with E-state index in [2.05, 4.69) is 40.5 Å². The van der Waals surface area contributed by atoms with Crippen molar-refractivity contribution in [3.8, 4) is 0 Å². The van der Waals surface area contributed by atoms with Gasteiger partial charge in [0.05, 0.1) is 6.42 Å². The van der Waals surface area contributed by atoms with Crippen molar-refractivity contribution < 1.29 is 4.79 Å². The van der Waals surface area contributed by atoms with Gasteiger partial charge in [0, 0.05) is 12.2 Å². The molecule has 138 valence electrons. The Kier molecular flexibility index (Phi) is 5.50. The van der Waals surface area contributed by atoms with E-state index in [1.54, 1.807) is 0 Å². The van der Waals surface area contributed by atoms with Gasteiger partial charge in [0.2, 0.25) is 5.91 Å². The fourth-order valence-electron chi connectivity index (χ4n) is 3.95. The number of anilines is 1. The monoisotopic (exact) mass is 358 g/mol. The highest BCUT2D eigenvalue weighted by Crippen LogP contribution is 2.20. The molecule has 0 aromatic heterocycles. The smallest absolute Gasteiger partial charge is 0.228 e. The van der Waals surface area contributed by atoms with Crippen molar-refractivity contribution in [2.75, 3.05) is 18.4 Å². The van der Waals surface area contributed by atoms with Crippen LogP contribution in [0.15, 0.2) is 66.7 Å². The maximum absolute atomic E-state index is 12.6. The number of piperidine rings is 1. The normalized spacial score (nSPS) is 15.0. The summed E-state index contributed by atoms with van der Waals surface area (Å²) >= 11 is 0. The second-order valence-electron chi connectivity index (χ2n) is 7.40. The zero-order chi connectivity index (χ0) is 18.5. The lowest BCUT2D eigenvalue weighted by molar-refractivity contribution is -0.115. The Morgan fingerprint density at radius 1 is 0.889 bits per heavy atom. The Balaban J connectivity index is 1.42. The molecule has 0 bridgehead atoms. The maximum Gasteiger partial charge on any atom is 0.228 e. The van der Waals surface area contributed by atoms with Gasteiger partial charge in [-0.05, 0) is 60.0 Å². The van der Waals surface area contributed by atoms with Crippen molar-refractivity contribution in [1.82, 2.24) is 4.90 Å². The molecule has 0 radical (unpaired) electrons. The molecule has 3 aromatic carbocycles. The minimum atomic E-state index is 0.0291. The number of hydrogen-bond donors (Lipinski definition) is 1. The third-order valence-corrected chi connectivity index (χ3v) is 5.30. The summed E-state index contributed by atoms with van der Waals surface area (Å²) in [5.74, 6) is 0.0291. The van der Waals surface area contributed by atoms with Crippen LogP contribution in [0.3, 0.4) is 0 Å². The quantitative estimate of drug-likeness (QED) is 0.695. The predicted octanol–water partition coefficient (Wildman–Crippen LogP) is 5.01. The predicted molar refractivity (Wildman–Crippen MR) is 112 cm³/mol. The van der Waals surface area contributed by atoms with Crippen LogP contribution in [0.4, 0.5) is 5.69 Å². The molecular formula is C24H26N2O. The van der Waals surface area contributed by atoms with Crippen molar-refractivity contribution in [1.29, 1.82) is 0 Å². The van der Waals surface area contributed by atoms with E-state index in [0.717, 1.165) is 23.2 Å². The van der Waals surface area contributed by atoms with Crippen LogP contribution in [0.5, 0.6) is 0 Å². The molecule has 1 aliphatic heterocycles. The molecule has 27 heavy (non-hydrogen) atoms. The first-order chi connectivity index (χ1) is 13.3. The van der Waals surface area contributed by atoms with Gasteiger partial charge in [0.1, 0.15) is 0 Å². The zero-order valence-electron chi connectivity index (χ0n) is 15.7. The Labute approximate surface area is 161 Å².